The maximum atomic E-state index is 4.25. The molecule has 2 aliphatic rings. The Balaban J connectivity index is 0.00000128. The van der Waals surface area contributed by atoms with Gasteiger partial charge in [-0.05, 0) is 31.6 Å². The second-order valence-corrected chi connectivity index (χ2v) is 4.88. The van der Waals surface area contributed by atoms with Crippen LogP contribution >= 0.6 is 24.0 Å². The number of rotatable bonds is 3. The minimum atomic E-state index is 0. The van der Waals surface area contributed by atoms with Gasteiger partial charge in [0.15, 0.2) is 5.96 Å². The van der Waals surface area contributed by atoms with Gasteiger partial charge in [0, 0.05) is 19.6 Å². The molecule has 0 bridgehead atoms. The van der Waals surface area contributed by atoms with Gasteiger partial charge in [-0.15, -0.1) is 24.0 Å². The number of hydrogen-bond donors (Lipinski definition) is 2. The van der Waals surface area contributed by atoms with Gasteiger partial charge in [0.1, 0.15) is 0 Å². The Morgan fingerprint density at radius 3 is 2.38 bits per heavy atom. The molecular weight excluding hydrogens is 313 g/mol. The predicted octanol–water partition coefficient (Wildman–Crippen LogP) is 2.51. The Bertz CT molecular complexity index is 220. The quantitative estimate of drug-likeness (QED) is 0.472. The highest BCUT2D eigenvalue weighted by Crippen LogP contribution is 2.23. The van der Waals surface area contributed by atoms with Crippen molar-refractivity contribution >= 4 is 29.9 Å². The van der Waals surface area contributed by atoms with Crippen molar-refractivity contribution in [3.63, 3.8) is 0 Å². The molecule has 3 nitrogen and oxygen atoms in total. The molecular formula is C12H24IN3. The minimum absolute atomic E-state index is 0. The normalized spacial score (nSPS) is 22.4. The van der Waals surface area contributed by atoms with Gasteiger partial charge in [0.25, 0.3) is 0 Å². The first-order chi connectivity index (χ1) is 7.38. The highest BCUT2D eigenvalue weighted by molar-refractivity contribution is 14.0. The Morgan fingerprint density at radius 2 is 1.81 bits per heavy atom. The van der Waals surface area contributed by atoms with Gasteiger partial charge < -0.3 is 10.6 Å². The van der Waals surface area contributed by atoms with Crippen LogP contribution in [0.3, 0.4) is 0 Å². The standard InChI is InChI=1S/C12H23N3.HI/c1-13-12(15-11-7-8-11)14-9-10-5-3-2-4-6-10;/h10-11H,2-9H2,1H3,(H2,13,14,15);1H. The lowest BCUT2D eigenvalue weighted by Gasteiger charge is -2.22. The van der Waals surface area contributed by atoms with Crippen LogP contribution in [0.2, 0.25) is 0 Å². The van der Waals surface area contributed by atoms with E-state index in [1.165, 1.54) is 44.9 Å². The van der Waals surface area contributed by atoms with Crippen molar-refractivity contribution in [1.82, 2.24) is 10.6 Å². The van der Waals surface area contributed by atoms with Crippen LogP contribution in [0.5, 0.6) is 0 Å². The van der Waals surface area contributed by atoms with E-state index in [9.17, 15) is 0 Å². The SMILES string of the molecule is CN=C(NCC1CCCCC1)NC1CC1.I. The van der Waals surface area contributed by atoms with Gasteiger partial charge in [-0.2, -0.15) is 0 Å². The van der Waals surface area contributed by atoms with E-state index in [-0.39, 0.29) is 24.0 Å². The summed E-state index contributed by atoms with van der Waals surface area (Å²) in [5.41, 5.74) is 0. The van der Waals surface area contributed by atoms with E-state index in [2.05, 4.69) is 15.6 Å². The molecule has 2 fully saturated rings. The van der Waals surface area contributed by atoms with Crippen LogP contribution in [0.15, 0.2) is 4.99 Å². The van der Waals surface area contributed by atoms with E-state index < -0.39 is 0 Å². The fraction of sp³-hybridized carbons (Fsp3) is 0.917. The van der Waals surface area contributed by atoms with E-state index in [1.54, 1.807) is 0 Å². The summed E-state index contributed by atoms with van der Waals surface area (Å²) in [6.07, 6.45) is 9.68. The molecule has 0 unspecified atom stereocenters. The van der Waals surface area contributed by atoms with Crippen LogP contribution in [0, 0.1) is 5.92 Å². The molecule has 16 heavy (non-hydrogen) atoms. The second kappa shape index (κ2) is 7.35. The average molecular weight is 337 g/mol. The minimum Gasteiger partial charge on any atom is -0.356 e. The van der Waals surface area contributed by atoms with Crippen LogP contribution in [0.4, 0.5) is 0 Å². The molecule has 4 heteroatoms. The molecule has 0 aromatic rings. The summed E-state index contributed by atoms with van der Waals surface area (Å²) >= 11 is 0. The molecule has 2 rings (SSSR count). The van der Waals surface area contributed by atoms with Crippen LogP contribution in [-0.2, 0) is 0 Å². The average Bonchev–Trinajstić information content (AvgIpc) is 3.09. The molecule has 0 amide bonds. The molecule has 2 saturated carbocycles. The maximum absolute atomic E-state index is 4.25. The lowest BCUT2D eigenvalue weighted by molar-refractivity contribution is 0.355. The molecule has 0 aliphatic heterocycles. The number of halogens is 1. The van der Waals surface area contributed by atoms with Gasteiger partial charge in [0.2, 0.25) is 0 Å². The topological polar surface area (TPSA) is 36.4 Å². The number of guanidine groups is 1. The first-order valence-corrected chi connectivity index (χ1v) is 6.35. The summed E-state index contributed by atoms with van der Waals surface area (Å²) in [5.74, 6) is 1.87. The third kappa shape index (κ3) is 4.89. The maximum Gasteiger partial charge on any atom is 0.191 e. The van der Waals surface area contributed by atoms with Gasteiger partial charge in [-0.1, -0.05) is 19.3 Å². The zero-order valence-electron chi connectivity index (χ0n) is 10.2. The van der Waals surface area contributed by atoms with Crippen LogP contribution in [0.1, 0.15) is 44.9 Å². The molecule has 0 aromatic heterocycles. The van der Waals surface area contributed by atoms with Gasteiger partial charge >= 0.3 is 0 Å². The van der Waals surface area contributed by atoms with Crippen molar-refractivity contribution in [2.45, 2.75) is 51.0 Å². The first-order valence-electron chi connectivity index (χ1n) is 6.35. The van der Waals surface area contributed by atoms with Crippen molar-refractivity contribution in [2.24, 2.45) is 10.9 Å². The molecule has 0 spiro atoms. The van der Waals surface area contributed by atoms with E-state index >= 15 is 0 Å². The number of nitrogens with zero attached hydrogens (tertiary/aromatic N) is 1. The number of hydrogen-bond acceptors (Lipinski definition) is 1. The van der Waals surface area contributed by atoms with Crippen molar-refractivity contribution in [3.8, 4) is 0 Å². The molecule has 0 aromatic carbocycles. The van der Waals surface area contributed by atoms with Crippen LogP contribution in [-0.4, -0.2) is 25.6 Å². The first kappa shape index (κ1) is 14.1. The number of aliphatic imine (C=N–C) groups is 1. The van der Waals surface area contributed by atoms with Crippen molar-refractivity contribution in [1.29, 1.82) is 0 Å². The largest absolute Gasteiger partial charge is 0.356 e. The summed E-state index contributed by atoms with van der Waals surface area (Å²) in [6, 6.07) is 0.697. The molecule has 2 aliphatic carbocycles. The Morgan fingerprint density at radius 1 is 1.12 bits per heavy atom. The lowest BCUT2D eigenvalue weighted by atomic mass is 9.89. The molecule has 0 atom stereocenters. The number of nitrogens with one attached hydrogen (secondary N) is 2. The Hall–Kier alpha value is 0. The fourth-order valence-electron chi connectivity index (χ4n) is 2.25. The fourth-order valence-corrected chi connectivity index (χ4v) is 2.25. The Labute approximate surface area is 116 Å². The lowest BCUT2D eigenvalue weighted by Crippen LogP contribution is -2.41. The summed E-state index contributed by atoms with van der Waals surface area (Å²) in [7, 11) is 1.86. The van der Waals surface area contributed by atoms with E-state index in [0.29, 0.717) is 6.04 Å². The summed E-state index contributed by atoms with van der Waals surface area (Å²) in [4.78, 5) is 4.25. The van der Waals surface area contributed by atoms with Gasteiger partial charge in [-0.25, -0.2) is 0 Å². The third-order valence-corrected chi connectivity index (χ3v) is 3.42. The van der Waals surface area contributed by atoms with E-state index in [0.717, 1.165) is 18.4 Å². The molecule has 0 radical (unpaired) electrons. The van der Waals surface area contributed by atoms with Gasteiger partial charge in [-0.3, -0.25) is 4.99 Å². The van der Waals surface area contributed by atoms with Crippen molar-refractivity contribution < 1.29 is 0 Å². The predicted molar refractivity (Wildman–Crippen MR) is 79.5 cm³/mol. The van der Waals surface area contributed by atoms with E-state index in [4.69, 9.17) is 0 Å². The third-order valence-electron chi connectivity index (χ3n) is 3.42. The summed E-state index contributed by atoms with van der Waals surface area (Å²) in [5, 5.41) is 6.87. The van der Waals surface area contributed by atoms with Crippen molar-refractivity contribution in [2.75, 3.05) is 13.6 Å². The highest BCUT2D eigenvalue weighted by atomic mass is 127. The van der Waals surface area contributed by atoms with Crippen molar-refractivity contribution in [3.05, 3.63) is 0 Å². The highest BCUT2D eigenvalue weighted by Gasteiger charge is 2.22. The molecule has 2 N–H and O–H groups in total. The monoisotopic (exact) mass is 337 g/mol. The molecule has 0 saturated heterocycles. The van der Waals surface area contributed by atoms with Crippen LogP contribution in [0.25, 0.3) is 0 Å². The smallest absolute Gasteiger partial charge is 0.191 e. The molecule has 0 heterocycles. The molecule has 94 valence electrons. The van der Waals surface area contributed by atoms with E-state index in [1.807, 2.05) is 7.05 Å². The second-order valence-electron chi connectivity index (χ2n) is 4.88. The Kier molecular flexibility index (Phi) is 6.46. The zero-order valence-corrected chi connectivity index (χ0v) is 12.5. The summed E-state index contributed by atoms with van der Waals surface area (Å²) in [6.45, 7) is 1.10. The van der Waals surface area contributed by atoms with Gasteiger partial charge in [0.05, 0.1) is 0 Å². The van der Waals surface area contributed by atoms with Crippen LogP contribution < -0.4 is 10.6 Å². The summed E-state index contributed by atoms with van der Waals surface area (Å²) < 4.78 is 0. The zero-order chi connectivity index (χ0) is 10.5.